The van der Waals surface area contributed by atoms with Gasteiger partial charge >= 0.3 is 5.63 Å². The Morgan fingerprint density at radius 1 is 1.30 bits per heavy atom. The summed E-state index contributed by atoms with van der Waals surface area (Å²) in [6, 6.07) is 4.86. The minimum atomic E-state index is -1.36. The first-order valence-electron chi connectivity index (χ1n) is 10.8. The van der Waals surface area contributed by atoms with Crippen molar-refractivity contribution in [3.05, 3.63) is 46.8 Å². The van der Waals surface area contributed by atoms with Crippen LogP contribution in [0, 0.1) is 6.92 Å². The molecular weight excluding hydrogens is 430 g/mol. The second kappa shape index (κ2) is 10.0. The van der Waals surface area contributed by atoms with E-state index in [0.29, 0.717) is 29.5 Å². The molecule has 1 aromatic carbocycles. The van der Waals surface area contributed by atoms with Gasteiger partial charge in [0.25, 0.3) is 0 Å². The van der Waals surface area contributed by atoms with Crippen LogP contribution >= 0.6 is 0 Å². The maximum absolute atomic E-state index is 12.5. The lowest BCUT2D eigenvalue weighted by atomic mass is 9.89. The van der Waals surface area contributed by atoms with Crippen LogP contribution in [0.15, 0.2) is 40.1 Å². The number of carbonyl (C=O) groups excluding carboxylic acids is 1. The highest BCUT2D eigenvalue weighted by Gasteiger charge is 2.50. The summed E-state index contributed by atoms with van der Waals surface area (Å²) in [6.45, 7) is 8.77. The standard InChI is InChI=1S/C24H31NO8/c1-6-7-8-9-17(26)25-15-12-14-10-11-16(13(2)20(14)32-22(15)29)31-23-19(28)18(27)21(30-5)24(3,4)33-23/h6,10-12,18-19,21,23,27-28H,1,7-9H2,2-5H3,(H,25,26)/t18-,19+,21+,23+/m0/s1. The Kier molecular flexibility index (Phi) is 7.58. The van der Waals surface area contributed by atoms with Gasteiger partial charge in [0.15, 0.2) is 0 Å². The predicted molar refractivity (Wildman–Crippen MR) is 122 cm³/mol. The number of methoxy groups -OCH3 is 1. The van der Waals surface area contributed by atoms with Gasteiger partial charge in [-0.2, -0.15) is 0 Å². The van der Waals surface area contributed by atoms with Crippen LogP contribution in [0.2, 0.25) is 0 Å². The molecule has 0 unspecified atom stereocenters. The van der Waals surface area contributed by atoms with E-state index in [-0.39, 0.29) is 23.6 Å². The highest BCUT2D eigenvalue weighted by Crippen LogP contribution is 2.35. The van der Waals surface area contributed by atoms with Crippen LogP contribution in [0.1, 0.15) is 38.7 Å². The number of nitrogens with one attached hydrogen (secondary N) is 1. The number of aliphatic hydroxyl groups is 2. The van der Waals surface area contributed by atoms with Crippen molar-refractivity contribution in [3.63, 3.8) is 0 Å². The van der Waals surface area contributed by atoms with E-state index >= 15 is 0 Å². The van der Waals surface area contributed by atoms with Gasteiger partial charge in [0.05, 0.1) is 5.60 Å². The topological polar surface area (TPSA) is 127 Å². The molecule has 4 atom stereocenters. The van der Waals surface area contributed by atoms with E-state index in [1.807, 2.05) is 0 Å². The number of allylic oxidation sites excluding steroid dienone is 1. The van der Waals surface area contributed by atoms with Crippen molar-refractivity contribution in [3.8, 4) is 5.75 Å². The molecule has 0 bridgehead atoms. The van der Waals surface area contributed by atoms with Gasteiger partial charge < -0.3 is 34.2 Å². The number of unbranched alkanes of at least 4 members (excludes halogenated alkanes) is 1. The summed E-state index contributed by atoms with van der Waals surface area (Å²) < 4.78 is 22.5. The molecule has 1 saturated heterocycles. The van der Waals surface area contributed by atoms with E-state index in [1.165, 1.54) is 7.11 Å². The number of benzene rings is 1. The van der Waals surface area contributed by atoms with Crippen LogP contribution in [0.3, 0.4) is 0 Å². The molecule has 2 heterocycles. The summed E-state index contributed by atoms with van der Waals surface area (Å²) in [5.41, 5.74) is -0.768. The quantitative estimate of drug-likeness (QED) is 0.311. The second-order valence-corrected chi connectivity index (χ2v) is 8.63. The first-order valence-corrected chi connectivity index (χ1v) is 10.8. The van der Waals surface area contributed by atoms with Gasteiger partial charge in [-0.25, -0.2) is 4.79 Å². The van der Waals surface area contributed by atoms with Crippen LogP contribution in [0.4, 0.5) is 5.69 Å². The van der Waals surface area contributed by atoms with Crippen molar-refractivity contribution in [2.24, 2.45) is 0 Å². The maximum atomic E-state index is 12.5. The largest absolute Gasteiger partial charge is 0.462 e. The lowest BCUT2D eigenvalue weighted by molar-refractivity contribution is -0.306. The fourth-order valence-corrected chi connectivity index (χ4v) is 3.97. The molecule has 3 rings (SSSR count). The normalized spacial score (nSPS) is 24.4. The molecule has 1 amide bonds. The van der Waals surface area contributed by atoms with Gasteiger partial charge in [-0.1, -0.05) is 6.08 Å². The van der Waals surface area contributed by atoms with Crippen LogP contribution in [-0.4, -0.2) is 53.4 Å². The number of rotatable bonds is 8. The summed E-state index contributed by atoms with van der Waals surface area (Å²) in [6.07, 6.45) is -1.14. The Morgan fingerprint density at radius 2 is 2.03 bits per heavy atom. The van der Waals surface area contributed by atoms with E-state index in [4.69, 9.17) is 18.6 Å². The van der Waals surface area contributed by atoms with Crippen molar-refractivity contribution in [2.45, 2.75) is 70.2 Å². The molecule has 3 N–H and O–H groups in total. The van der Waals surface area contributed by atoms with Crippen molar-refractivity contribution < 1.29 is 33.6 Å². The predicted octanol–water partition coefficient (Wildman–Crippen LogP) is 2.65. The SMILES string of the molecule is C=CCCCC(=O)Nc1cc2ccc(O[C@@H]3OC(C)(C)[C@H](OC)[C@@H](O)[C@H]3O)c(C)c2oc1=O. The first kappa shape index (κ1) is 24.9. The molecule has 0 saturated carbocycles. The summed E-state index contributed by atoms with van der Waals surface area (Å²) in [5.74, 6) is 0.0360. The summed E-state index contributed by atoms with van der Waals surface area (Å²) >= 11 is 0. The van der Waals surface area contributed by atoms with Crippen LogP contribution < -0.4 is 15.7 Å². The van der Waals surface area contributed by atoms with Gasteiger partial charge in [-0.15, -0.1) is 6.58 Å². The zero-order chi connectivity index (χ0) is 24.3. The Labute approximate surface area is 191 Å². The molecule has 2 aromatic rings. The Morgan fingerprint density at radius 3 is 2.70 bits per heavy atom. The number of hydrogen-bond donors (Lipinski definition) is 3. The number of amides is 1. The van der Waals surface area contributed by atoms with Crippen molar-refractivity contribution in [1.82, 2.24) is 0 Å². The van der Waals surface area contributed by atoms with Crippen molar-refractivity contribution in [1.29, 1.82) is 0 Å². The summed E-state index contributed by atoms with van der Waals surface area (Å²) in [4.78, 5) is 24.5. The molecule has 1 aliphatic rings. The third-order valence-corrected chi connectivity index (χ3v) is 5.73. The average molecular weight is 462 g/mol. The molecule has 0 aliphatic carbocycles. The van der Waals surface area contributed by atoms with Crippen molar-refractivity contribution >= 4 is 22.6 Å². The van der Waals surface area contributed by atoms with Gasteiger partial charge in [-0.05, 0) is 51.8 Å². The number of aryl methyl sites for hydroxylation is 1. The van der Waals surface area contributed by atoms with Crippen LogP contribution in [0.25, 0.3) is 11.0 Å². The lowest BCUT2D eigenvalue weighted by Gasteiger charge is -2.46. The molecule has 33 heavy (non-hydrogen) atoms. The van der Waals surface area contributed by atoms with E-state index in [9.17, 15) is 19.8 Å². The van der Waals surface area contributed by atoms with Crippen LogP contribution in [-0.2, 0) is 14.3 Å². The third kappa shape index (κ3) is 5.27. The summed E-state index contributed by atoms with van der Waals surface area (Å²) in [5, 5.41) is 24.1. The van der Waals surface area contributed by atoms with E-state index in [0.717, 1.165) is 0 Å². The zero-order valence-corrected chi connectivity index (χ0v) is 19.3. The number of hydrogen-bond acceptors (Lipinski definition) is 8. The number of carbonyl (C=O) groups is 1. The molecule has 0 spiro atoms. The number of fused-ring (bicyclic) bond motifs is 1. The first-order chi connectivity index (χ1) is 15.6. The van der Waals surface area contributed by atoms with Gasteiger partial charge in [0.2, 0.25) is 12.2 Å². The molecule has 1 aromatic heterocycles. The fourth-order valence-electron chi connectivity index (χ4n) is 3.97. The third-order valence-electron chi connectivity index (χ3n) is 5.73. The highest BCUT2D eigenvalue weighted by atomic mass is 16.7. The molecule has 9 nitrogen and oxygen atoms in total. The van der Waals surface area contributed by atoms with Gasteiger partial charge in [-0.3, -0.25) is 4.79 Å². The minimum Gasteiger partial charge on any atom is -0.462 e. The molecule has 1 fully saturated rings. The number of anilines is 1. The van der Waals surface area contributed by atoms with E-state index < -0.39 is 35.8 Å². The fraction of sp³-hybridized carbons (Fsp3) is 0.500. The molecule has 180 valence electrons. The second-order valence-electron chi connectivity index (χ2n) is 8.63. The maximum Gasteiger partial charge on any atom is 0.360 e. The van der Waals surface area contributed by atoms with Gasteiger partial charge in [0, 0.05) is 24.5 Å². The molecule has 1 aliphatic heterocycles. The smallest absolute Gasteiger partial charge is 0.360 e. The highest BCUT2D eigenvalue weighted by molar-refractivity contribution is 5.93. The van der Waals surface area contributed by atoms with E-state index in [1.54, 1.807) is 45.0 Å². The Balaban J connectivity index is 1.83. The average Bonchev–Trinajstić information content (AvgIpc) is 2.75. The van der Waals surface area contributed by atoms with Crippen LogP contribution in [0.5, 0.6) is 5.75 Å². The number of aliphatic hydroxyl groups excluding tert-OH is 2. The van der Waals surface area contributed by atoms with Gasteiger partial charge in [0.1, 0.15) is 35.3 Å². The monoisotopic (exact) mass is 461 g/mol. The molecular formula is C24H31NO8. The zero-order valence-electron chi connectivity index (χ0n) is 19.3. The summed E-state index contributed by atoms with van der Waals surface area (Å²) in [7, 11) is 1.43. The van der Waals surface area contributed by atoms with E-state index in [2.05, 4.69) is 11.9 Å². The lowest BCUT2D eigenvalue weighted by Crippen LogP contribution is -2.63. The van der Waals surface area contributed by atoms with Crippen molar-refractivity contribution in [2.75, 3.05) is 12.4 Å². The molecule has 9 heteroatoms. The number of ether oxygens (including phenoxy) is 3. The minimum absolute atomic E-state index is 0.0562. The Hall–Kier alpha value is -2.72. The molecule has 0 radical (unpaired) electrons. The Bertz CT molecular complexity index is 1080.